The lowest BCUT2D eigenvalue weighted by molar-refractivity contribution is -0.138. The van der Waals surface area contributed by atoms with Crippen molar-refractivity contribution in [2.75, 3.05) is 13.1 Å². The summed E-state index contributed by atoms with van der Waals surface area (Å²) in [4.78, 5) is 26.5. The molecule has 4 nitrogen and oxygen atoms in total. The zero-order valence-corrected chi connectivity index (χ0v) is 15.9. The van der Waals surface area contributed by atoms with Crippen LogP contribution < -0.4 is 5.32 Å². The van der Waals surface area contributed by atoms with Crippen LogP contribution in [-0.4, -0.2) is 35.8 Å². The van der Waals surface area contributed by atoms with Gasteiger partial charge in [0.05, 0.1) is 11.1 Å². The Balaban J connectivity index is 1.50. The molecule has 0 atom stereocenters. The number of nitrogens with zero attached hydrogens (tertiary/aromatic N) is 1. The second kappa shape index (κ2) is 9.11. The number of benzene rings is 2. The molecule has 0 unspecified atom stereocenters. The third kappa shape index (κ3) is 5.59. The lowest BCUT2D eigenvalue weighted by Gasteiger charge is -2.32. The normalized spacial score (nSPS) is 15.2. The van der Waals surface area contributed by atoms with E-state index in [9.17, 15) is 22.8 Å². The molecule has 1 saturated heterocycles. The van der Waals surface area contributed by atoms with E-state index in [2.05, 4.69) is 5.32 Å². The van der Waals surface area contributed by atoms with Crippen LogP contribution in [0.2, 0.25) is 0 Å². The van der Waals surface area contributed by atoms with Crippen LogP contribution in [0.4, 0.5) is 13.2 Å². The fraction of sp³-hybridized carbons (Fsp3) is 0.364. The summed E-state index contributed by atoms with van der Waals surface area (Å²) in [6.07, 6.45) is -2.44. The Morgan fingerprint density at radius 3 is 2.24 bits per heavy atom. The number of hydrogen-bond donors (Lipinski definition) is 1. The van der Waals surface area contributed by atoms with Crippen molar-refractivity contribution in [1.82, 2.24) is 10.2 Å². The smallest absolute Gasteiger partial charge is 0.349 e. The summed E-state index contributed by atoms with van der Waals surface area (Å²) in [5, 5.41) is 2.69. The second-order valence-corrected chi connectivity index (χ2v) is 7.16. The summed E-state index contributed by atoms with van der Waals surface area (Å²) in [7, 11) is 0. The maximum absolute atomic E-state index is 13.1. The predicted molar refractivity (Wildman–Crippen MR) is 103 cm³/mol. The van der Waals surface area contributed by atoms with Gasteiger partial charge < -0.3 is 10.2 Å². The van der Waals surface area contributed by atoms with Gasteiger partial charge in [0.15, 0.2) is 0 Å². The van der Waals surface area contributed by atoms with Gasteiger partial charge in [0.25, 0.3) is 5.91 Å². The van der Waals surface area contributed by atoms with E-state index in [0.717, 1.165) is 11.6 Å². The van der Waals surface area contributed by atoms with Crippen molar-refractivity contribution >= 4 is 11.8 Å². The molecule has 0 radical (unpaired) electrons. The zero-order chi connectivity index (χ0) is 20.9. The number of alkyl halides is 3. The van der Waals surface area contributed by atoms with Crippen molar-refractivity contribution in [3.05, 3.63) is 71.3 Å². The summed E-state index contributed by atoms with van der Waals surface area (Å²) < 4.78 is 39.3. The molecule has 1 aliphatic heterocycles. The van der Waals surface area contributed by atoms with Gasteiger partial charge in [0, 0.05) is 25.6 Å². The average molecular weight is 404 g/mol. The molecule has 29 heavy (non-hydrogen) atoms. The highest BCUT2D eigenvalue weighted by molar-refractivity contribution is 5.96. The Morgan fingerprint density at radius 1 is 0.966 bits per heavy atom. The minimum Gasteiger partial charge on any atom is -0.349 e. The van der Waals surface area contributed by atoms with E-state index in [4.69, 9.17) is 0 Å². The molecule has 0 bridgehead atoms. The monoisotopic (exact) mass is 404 g/mol. The average Bonchev–Trinajstić information content (AvgIpc) is 2.72. The fourth-order valence-corrected chi connectivity index (χ4v) is 3.52. The SMILES string of the molecule is O=C(NC1CCN(C(=O)CCc2ccccc2)CC1)c1ccccc1C(F)(F)F. The summed E-state index contributed by atoms with van der Waals surface area (Å²) in [6, 6.07) is 14.3. The van der Waals surface area contributed by atoms with Crippen LogP contribution in [0.25, 0.3) is 0 Å². The van der Waals surface area contributed by atoms with Crippen molar-refractivity contribution in [1.29, 1.82) is 0 Å². The number of rotatable bonds is 5. The van der Waals surface area contributed by atoms with E-state index in [1.54, 1.807) is 4.90 Å². The van der Waals surface area contributed by atoms with Crippen molar-refractivity contribution < 1.29 is 22.8 Å². The van der Waals surface area contributed by atoms with Gasteiger partial charge in [-0.25, -0.2) is 0 Å². The van der Waals surface area contributed by atoms with Gasteiger partial charge in [0.2, 0.25) is 5.91 Å². The number of nitrogens with one attached hydrogen (secondary N) is 1. The van der Waals surface area contributed by atoms with Crippen molar-refractivity contribution in [2.45, 2.75) is 37.9 Å². The van der Waals surface area contributed by atoms with E-state index in [0.29, 0.717) is 38.8 Å². The molecule has 2 aromatic carbocycles. The van der Waals surface area contributed by atoms with Gasteiger partial charge in [-0.2, -0.15) is 13.2 Å². The Morgan fingerprint density at radius 2 is 1.59 bits per heavy atom. The molecule has 0 spiro atoms. The number of hydrogen-bond acceptors (Lipinski definition) is 2. The molecular weight excluding hydrogens is 381 g/mol. The maximum Gasteiger partial charge on any atom is 0.417 e. The summed E-state index contributed by atoms with van der Waals surface area (Å²) in [5.74, 6) is -0.673. The second-order valence-electron chi connectivity index (χ2n) is 7.16. The van der Waals surface area contributed by atoms with E-state index < -0.39 is 17.6 Å². The van der Waals surface area contributed by atoms with Crippen molar-refractivity contribution in [3.63, 3.8) is 0 Å². The first-order valence-corrected chi connectivity index (χ1v) is 9.63. The van der Waals surface area contributed by atoms with E-state index in [1.807, 2.05) is 30.3 Å². The molecule has 1 fully saturated rings. The Kier molecular flexibility index (Phi) is 6.56. The molecule has 3 rings (SSSR count). The highest BCUT2D eigenvalue weighted by Crippen LogP contribution is 2.31. The van der Waals surface area contributed by atoms with Gasteiger partial charge in [-0.05, 0) is 37.0 Å². The minimum atomic E-state index is -4.58. The topological polar surface area (TPSA) is 49.4 Å². The van der Waals surface area contributed by atoms with Gasteiger partial charge in [0.1, 0.15) is 0 Å². The van der Waals surface area contributed by atoms with Gasteiger partial charge >= 0.3 is 6.18 Å². The summed E-state index contributed by atoms with van der Waals surface area (Å²) in [5.41, 5.74) is -0.210. The molecule has 0 aliphatic carbocycles. The highest BCUT2D eigenvalue weighted by Gasteiger charge is 2.35. The Hall–Kier alpha value is -2.83. The largest absolute Gasteiger partial charge is 0.417 e. The highest BCUT2D eigenvalue weighted by atomic mass is 19.4. The van der Waals surface area contributed by atoms with Crippen LogP contribution in [0, 0.1) is 0 Å². The van der Waals surface area contributed by atoms with Crippen LogP contribution in [0.15, 0.2) is 54.6 Å². The predicted octanol–water partition coefficient (Wildman–Crippen LogP) is 4.06. The Labute approximate surface area is 167 Å². The number of carbonyl (C=O) groups excluding carboxylic acids is 2. The van der Waals surface area contributed by atoms with E-state index in [1.165, 1.54) is 18.2 Å². The molecule has 2 aromatic rings. The van der Waals surface area contributed by atoms with E-state index >= 15 is 0 Å². The first-order valence-electron chi connectivity index (χ1n) is 9.63. The molecule has 1 aliphatic rings. The first-order chi connectivity index (χ1) is 13.8. The molecule has 2 amide bonds. The first kappa shape index (κ1) is 20.9. The molecule has 0 saturated carbocycles. The van der Waals surface area contributed by atoms with Gasteiger partial charge in [-0.3, -0.25) is 9.59 Å². The van der Waals surface area contributed by atoms with E-state index in [-0.39, 0.29) is 17.5 Å². The zero-order valence-electron chi connectivity index (χ0n) is 15.9. The van der Waals surface area contributed by atoms with Crippen LogP contribution in [0.1, 0.15) is 40.7 Å². The van der Waals surface area contributed by atoms with Crippen LogP contribution in [0.3, 0.4) is 0 Å². The lowest BCUT2D eigenvalue weighted by atomic mass is 10.0. The number of amides is 2. The third-order valence-electron chi connectivity index (χ3n) is 5.13. The summed E-state index contributed by atoms with van der Waals surface area (Å²) in [6.45, 7) is 0.971. The maximum atomic E-state index is 13.1. The third-order valence-corrected chi connectivity index (χ3v) is 5.13. The van der Waals surface area contributed by atoms with Crippen LogP contribution in [-0.2, 0) is 17.4 Å². The molecule has 1 N–H and O–H groups in total. The number of piperidine rings is 1. The molecular formula is C22H23F3N2O2. The van der Waals surface area contributed by atoms with Crippen molar-refractivity contribution in [3.8, 4) is 0 Å². The van der Waals surface area contributed by atoms with Gasteiger partial charge in [-0.15, -0.1) is 0 Å². The Bertz CT molecular complexity index is 845. The molecule has 154 valence electrons. The van der Waals surface area contributed by atoms with Gasteiger partial charge in [-0.1, -0.05) is 42.5 Å². The summed E-state index contributed by atoms with van der Waals surface area (Å²) >= 11 is 0. The minimum absolute atomic E-state index is 0.0565. The standard InChI is InChI=1S/C22H23F3N2O2/c23-22(24,25)19-9-5-4-8-18(19)21(29)26-17-12-14-27(15-13-17)20(28)11-10-16-6-2-1-3-7-16/h1-9,17H,10-15H2,(H,26,29). The van der Waals surface area contributed by atoms with Crippen molar-refractivity contribution in [2.24, 2.45) is 0 Å². The fourth-order valence-electron chi connectivity index (χ4n) is 3.52. The van der Waals surface area contributed by atoms with Crippen LogP contribution in [0.5, 0.6) is 0 Å². The molecule has 0 aromatic heterocycles. The number of carbonyl (C=O) groups is 2. The molecule has 1 heterocycles. The molecule has 7 heteroatoms. The van der Waals surface area contributed by atoms with Crippen LogP contribution >= 0.6 is 0 Å². The number of aryl methyl sites for hydroxylation is 1. The quantitative estimate of drug-likeness (QED) is 0.817. The number of likely N-dealkylation sites (tertiary alicyclic amines) is 1. The number of halogens is 3. The lowest BCUT2D eigenvalue weighted by Crippen LogP contribution is -2.46.